The Labute approximate surface area is 135 Å². The predicted molar refractivity (Wildman–Crippen MR) is 93.8 cm³/mol. The summed E-state index contributed by atoms with van der Waals surface area (Å²) < 4.78 is 11.7. The lowest BCUT2D eigenvalue weighted by Gasteiger charge is -2.37. The van der Waals surface area contributed by atoms with Crippen LogP contribution in [0.2, 0.25) is 18.1 Å². The zero-order valence-electron chi connectivity index (χ0n) is 15.0. The van der Waals surface area contributed by atoms with E-state index in [-0.39, 0.29) is 5.04 Å². The van der Waals surface area contributed by atoms with Crippen molar-refractivity contribution in [2.75, 3.05) is 5.73 Å². The number of anilines is 1. The van der Waals surface area contributed by atoms with Crippen LogP contribution in [0.1, 0.15) is 51.9 Å². The number of carbonyl (C=O) groups is 1. The van der Waals surface area contributed by atoms with Crippen LogP contribution in [0.15, 0.2) is 18.2 Å². The molecule has 0 saturated heterocycles. The Morgan fingerprint density at radius 1 is 1.09 bits per heavy atom. The maximum absolute atomic E-state index is 12.4. The van der Waals surface area contributed by atoms with Crippen LogP contribution in [0.5, 0.6) is 5.75 Å². The molecule has 0 heterocycles. The van der Waals surface area contributed by atoms with Gasteiger partial charge in [0, 0.05) is 5.69 Å². The topological polar surface area (TPSA) is 61.5 Å². The highest BCUT2D eigenvalue weighted by Crippen LogP contribution is 2.38. The number of carbonyl (C=O) groups excluding carboxylic acids is 1. The molecule has 0 aliphatic heterocycles. The second-order valence-electron chi connectivity index (χ2n) is 8.12. The van der Waals surface area contributed by atoms with Crippen molar-refractivity contribution in [1.82, 2.24) is 0 Å². The summed E-state index contributed by atoms with van der Waals surface area (Å²) in [7, 11) is -2.05. The lowest BCUT2D eigenvalue weighted by molar-refractivity contribution is 0.00676. The van der Waals surface area contributed by atoms with Gasteiger partial charge in [-0.1, -0.05) is 20.8 Å². The second-order valence-corrected chi connectivity index (χ2v) is 12.8. The third-order valence-corrected chi connectivity index (χ3v) is 8.14. The van der Waals surface area contributed by atoms with E-state index in [1.165, 1.54) is 0 Å². The van der Waals surface area contributed by atoms with Crippen molar-refractivity contribution in [3.63, 3.8) is 0 Å². The number of nitrogen functional groups attached to an aromatic ring is 1. The summed E-state index contributed by atoms with van der Waals surface area (Å²) in [6.07, 6.45) is 0. The minimum Gasteiger partial charge on any atom is -0.543 e. The maximum Gasteiger partial charge on any atom is 0.342 e. The molecule has 0 bridgehead atoms. The van der Waals surface area contributed by atoms with E-state index < -0.39 is 19.9 Å². The van der Waals surface area contributed by atoms with Gasteiger partial charge in [-0.25, -0.2) is 4.79 Å². The molecule has 0 saturated carbocycles. The number of nitrogens with two attached hydrogens (primary N) is 1. The fraction of sp³-hybridized carbons (Fsp3) is 0.588. The first-order chi connectivity index (χ1) is 9.73. The number of esters is 1. The molecule has 2 N–H and O–H groups in total. The monoisotopic (exact) mass is 323 g/mol. The normalized spacial score (nSPS) is 12.9. The molecular formula is C17H29NO3Si. The molecule has 0 spiro atoms. The largest absolute Gasteiger partial charge is 0.543 e. The highest BCUT2D eigenvalue weighted by molar-refractivity contribution is 6.74. The van der Waals surface area contributed by atoms with E-state index in [1.807, 2.05) is 20.8 Å². The minimum absolute atomic E-state index is 0.0413. The summed E-state index contributed by atoms with van der Waals surface area (Å²) in [5, 5.41) is 0.0413. The van der Waals surface area contributed by atoms with E-state index in [0.717, 1.165) is 0 Å². The van der Waals surface area contributed by atoms with E-state index >= 15 is 0 Å². The molecule has 0 aliphatic rings. The van der Waals surface area contributed by atoms with E-state index in [0.29, 0.717) is 17.0 Å². The van der Waals surface area contributed by atoms with Crippen LogP contribution in [-0.4, -0.2) is 19.9 Å². The van der Waals surface area contributed by atoms with Crippen LogP contribution in [0, 0.1) is 0 Å². The molecule has 0 amide bonds. The Kier molecular flexibility index (Phi) is 5.02. The number of ether oxygens (including phenoxy) is 1. The third kappa shape index (κ3) is 4.76. The molecule has 5 heteroatoms. The number of hydrogen-bond acceptors (Lipinski definition) is 4. The molecule has 0 atom stereocenters. The summed E-state index contributed by atoms with van der Waals surface area (Å²) in [5.74, 6) is 0.142. The van der Waals surface area contributed by atoms with Crippen molar-refractivity contribution < 1.29 is 14.0 Å². The quantitative estimate of drug-likeness (QED) is 0.501. The Hall–Kier alpha value is -1.49. The number of hydrogen-bond donors (Lipinski definition) is 1. The van der Waals surface area contributed by atoms with E-state index in [2.05, 4.69) is 33.9 Å². The van der Waals surface area contributed by atoms with Crippen molar-refractivity contribution >= 4 is 20.0 Å². The van der Waals surface area contributed by atoms with E-state index in [9.17, 15) is 4.79 Å². The number of benzene rings is 1. The summed E-state index contributed by atoms with van der Waals surface area (Å²) >= 11 is 0. The van der Waals surface area contributed by atoms with Gasteiger partial charge >= 0.3 is 5.97 Å². The summed E-state index contributed by atoms with van der Waals surface area (Å²) in [6, 6.07) is 5.13. The fourth-order valence-corrected chi connectivity index (χ4v) is 2.59. The average Bonchev–Trinajstić information content (AvgIpc) is 2.27. The van der Waals surface area contributed by atoms with Crippen molar-refractivity contribution in [2.24, 2.45) is 0 Å². The first-order valence-electron chi connectivity index (χ1n) is 7.55. The van der Waals surface area contributed by atoms with Crippen molar-refractivity contribution in [2.45, 2.75) is 65.3 Å². The van der Waals surface area contributed by atoms with Crippen LogP contribution >= 0.6 is 0 Å². The highest BCUT2D eigenvalue weighted by atomic mass is 28.4. The van der Waals surface area contributed by atoms with Crippen molar-refractivity contribution in [1.29, 1.82) is 0 Å². The Bertz CT molecular complexity index is 554. The van der Waals surface area contributed by atoms with Crippen LogP contribution in [0.4, 0.5) is 5.69 Å². The highest BCUT2D eigenvalue weighted by Gasteiger charge is 2.39. The van der Waals surface area contributed by atoms with Gasteiger partial charge in [-0.15, -0.1) is 0 Å². The molecule has 22 heavy (non-hydrogen) atoms. The molecule has 0 fully saturated rings. The molecule has 0 aliphatic carbocycles. The van der Waals surface area contributed by atoms with Gasteiger partial charge in [-0.05, 0) is 57.1 Å². The Morgan fingerprint density at radius 3 is 2.09 bits per heavy atom. The fourth-order valence-electron chi connectivity index (χ4n) is 1.56. The van der Waals surface area contributed by atoms with Crippen LogP contribution < -0.4 is 10.2 Å². The smallest absolute Gasteiger partial charge is 0.342 e. The zero-order chi connectivity index (χ0) is 17.3. The molecule has 0 radical (unpaired) electrons. The molecule has 124 valence electrons. The van der Waals surface area contributed by atoms with Gasteiger partial charge in [0.2, 0.25) is 0 Å². The Balaban J connectivity index is 3.19. The molecule has 1 aromatic rings. The summed E-state index contributed by atoms with van der Waals surface area (Å²) in [6.45, 7) is 16.3. The second kappa shape index (κ2) is 5.95. The van der Waals surface area contributed by atoms with Gasteiger partial charge in [0.25, 0.3) is 8.32 Å². The molecule has 1 aromatic carbocycles. The first-order valence-corrected chi connectivity index (χ1v) is 10.5. The van der Waals surface area contributed by atoms with E-state index in [1.54, 1.807) is 18.2 Å². The standard InChI is InChI=1S/C17H29NO3Si/c1-16(2,3)20-15(19)13-11-12(18)9-10-14(13)21-22(7,8)17(4,5)6/h9-11H,18H2,1-8H3. The molecule has 4 nitrogen and oxygen atoms in total. The zero-order valence-corrected chi connectivity index (χ0v) is 16.0. The predicted octanol–water partition coefficient (Wildman–Crippen LogP) is 4.61. The van der Waals surface area contributed by atoms with Gasteiger partial charge < -0.3 is 14.9 Å². The van der Waals surface area contributed by atoms with Gasteiger partial charge in [-0.2, -0.15) is 0 Å². The average molecular weight is 324 g/mol. The minimum atomic E-state index is -2.05. The lowest BCUT2D eigenvalue weighted by Crippen LogP contribution is -2.44. The molecule has 0 aromatic heterocycles. The van der Waals surface area contributed by atoms with Gasteiger partial charge in [-0.3, -0.25) is 0 Å². The molecule has 0 unspecified atom stereocenters. The SMILES string of the molecule is CC(C)(C)OC(=O)c1cc(N)ccc1O[Si](C)(C)C(C)(C)C. The molecular weight excluding hydrogens is 294 g/mol. The maximum atomic E-state index is 12.4. The van der Waals surface area contributed by atoms with Crippen molar-refractivity contribution in [3.8, 4) is 5.75 Å². The van der Waals surface area contributed by atoms with E-state index in [4.69, 9.17) is 14.9 Å². The van der Waals surface area contributed by atoms with Crippen LogP contribution in [0.3, 0.4) is 0 Å². The third-order valence-electron chi connectivity index (χ3n) is 3.79. The van der Waals surface area contributed by atoms with Crippen LogP contribution in [-0.2, 0) is 4.74 Å². The van der Waals surface area contributed by atoms with Gasteiger partial charge in [0.1, 0.15) is 16.9 Å². The first kappa shape index (κ1) is 18.6. The van der Waals surface area contributed by atoms with Crippen LogP contribution in [0.25, 0.3) is 0 Å². The summed E-state index contributed by atoms with van der Waals surface area (Å²) in [4.78, 5) is 12.4. The van der Waals surface area contributed by atoms with Crippen molar-refractivity contribution in [3.05, 3.63) is 23.8 Å². The van der Waals surface area contributed by atoms with Gasteiger partial charge in [0.05, 0.1) is 0 Å². The summed E-state index contributed by atoms with van der Waals surface area (Å²) in [5.41, 5.74) is 6.17. The lowest BCUT2D eigenvalue weighted by atomic mass is 10.1. The molecule has 1 rings (SSSR count). The number of rotatable bonds is 3. The van der Waals surface area contributed by atoms with Gasteiger partial charge in [0.15, 0.2) is 0 Å². The Morgan fingerprint density at radius 2 is 1.64 bits per heavy atom.